The summed E-state index contributed by atoms with van der Waals surface area (Å²) in [6, 6.07) is 8.79. The molecule has 0 spiro atoms. The van der Waals surface area contributed by atoms with Crippen LogP contribution in [0, 0.1) is 16.6 Å². The fraction of sp³-hybridized carbons (Fsp3) is 0.478. The molecular formula is C23H29FN2O5S2. The van der Waals surface area contributed by atoms with Gasteiger partial charge in [0, 0.05) is 12.6 Å². The number of rotatable bonds is 6. The maximum absolute atomic E-state index is 13.7. The molecule has 0 unspecified atom stereocenters. The predicted molar refractivity (Wildman–Crippen MR) is 124 cm³/mol. The van der Waals surface area contributed by atoms with Crippen molar-refractivity contribution in [3.8, 4) is 5.75 Å². The molecule has 1 saturated heterocycles. The summed E-state index contributed by atoms with van der Waals surface area (Å²) < 4.78 is 75.6. The Morgan fingerprint density at radius 1 is 1.06 bits per heavy atom. The van der Waals surface area contributed by atoms with Crippen molar-refractivity contribution in [2.75, 3.05) is 18.4 Å². The number of halogens is 1. The smallest absolute Gasteiger partial charge is 0.265 e. The van der Waals surface area contributed by atoms with Crippen molar-refractivity contribution in [1.82, 2.24) is 4.31 Å². The quantitative estimate of drug-likeness (QED) is 0.646. The van der Waals surface area contributed by atoms with Crippen LogP contribution < -0.4 is 9.46 Å². The minimum atomic E-state index is -4.22. The molecular weight excluding hydrogens is 467 g/mol. The Labute approximate surface area is 195 Å². The number of sulfonamides is 2. The van der Waals surface area contributed by atoms with Gasteiger partial charge in [0.15, 0.2) is 0 Å². The topological polar surface area (TPSA) is 92.8 Å². The third kappa shape index (κ3) is 4.61. The molecule has 180 valence electrons. The van der Waals surface area contributed by atoms with E-state index in [0.717, 1.165) is 31.4 Å². The summed E-state index contributed by atoms with van der Waals surface area (Å²) in [6.45, 7) is 6.92. The zero-order valence-corrected chi connectivity index (χ0v) is 20.8. The number of methoxy groups -OCH3 is 1. The molecule has 1 aliphatic heterocycles. The first kappa shape index (κ1) is 24.0. The van der Waals surface area contributed by atoms with Crippen molar-refractivity contribution in [1.29, 1.82) is 0 Å². The second-order valence-electron chi connectivity index (χ2n) is 10.2. The number of hydrogen-bond acceptors (Lipinski definition) is 5. The van der Waals surface area contributed by atoms with E-state index < -0.39 is 25.9 Å². The first-order valence-corrected chi connectivity index (χ1v) is 13.7. The van der Waals surface area contributed by atoms with Crippen molar-refractivity contribution >= 4 is 25.7 Å². The van der Waals surface area contributed by atoms with Crippen LogP contribution in [0.25, 0.3) is 0 Å². The predicted octanol–water partition coefficient (Wildman–Crippen LogP) is 4.22. The molecule has 10 heteroatoms. The lowest BCUT2D eigenvalue weighted by Gasteiger charge is -2.39. The molecule has 0 radical (unpaired) electrons. The Balaban J connectivity index is 1.64. The van der Waals surface area contributed by atoms with Crippen LogP contribution in [0.3, 0.4) is 0 Å². The summed E-state index contributed by atoms with van der Waals surface area (Å²) in [6.07, 6.45) is 2.56. The van der Waals surface area contributed by atoms with E-state index in [1.54, 1.807) is 4.31 Å². The molecule has 7 nitrogen and oxygen atoms in total. The molecule has 2 aliphatic rings. The molecule has 1 heterocycles. The number of benzene rings is 2. The maximum atomic E-state index is 13.7. The van der Waals surface area contributed by atoms with Gasteiger partial charge in [-0.05, 0) is 66.5 Å². The van der Waals surface area contributed by atoms with Crippen molar-refractivity contribution < 1.29 is 26.0 Å². The number of nitrogens with one attached hydrogen (secondary N) is 1. The molecule has 1 aliphatic carbocycles. The molecule has 2 fully saturated rings. The zero-order valence-electron chi connectivity index (χ0n) is 19.1. The van der Waals surface area contributed by atoms with E-state index >= 15 is 0 Å². The fourth-order valence-electron chi connectivity index (χ4n) is 5.62. The molecule has 2 atom stereocenters. The summed E-state index contributed by atoms with van der Waals surface area (Å²) in [4.78, 5) is -0.357. The summed E-state index contributed by atoms with van der Waals surface area (Å²) in [7, 11) is -6.77. The Morgan fingerprint density at radius 3 is 2.48 bits per heavy atom. The largest absolute Gasteiger partial charge is 0.495 e. The number of nitrogens with zero attached hydrogens (tertiary/aromatic N) is 1. The van der Waals surface area contributed by atoms with E-state index in [1.165, 1.54) is 37.4 Å². The van der Waals surface area contributed by atoms with Gasteiger partial charge < -0.3 is 4.74 Å². The molecule has 2 aromatic rings. The van der Waals surface area contributed by atoms with E-state index in [-0.39, 0.29) is 38.1 Å². The molecule has 2 aromatic carbocycles. The van der Waals surface area contributed by atoms with Crippen molar-refractivity contribution in [3.63, 3.8) is 0 Å². The molecule has 33 heavy (non-hydrogen) atoms. The third-order valence-corrected chi connectivity index (χ3v) is 9.77. The van der Waals surface area contributed by atoms with E-state index in [1.807, 2.05) is 0 Å². The van der Waals surface area contributed by atoms with E-state index in [2.05, 4.69) is 25.5 Å². The first-order valence-electron chi connectivity index (χ1n) is 10.7. The van der Waals surface area contributed by atoms with Gasteiger partial charge in [-0.25, -0.2) is 21.2 Å². The lowest BCUT2D eigenvalue weighted by molar-refractivity contribution is 0.133. The average Bonchev–Trinajstić information content (AvgIpc) is 2.97. The van der Waals surface area contributed by atoms with Gasteiger partial charge in [-0.2, -0.15) is 4.31 Å². The highest BCUT2D eigenvalue weighted by atomic mass is 32.2. The summed E-state index contributed by atoms with van der Waals surface area (Å²) in [5, 5.41) is 0. The fourth-order valence-corrected chi connectivity index (χ4v) is 8.67. The monoisotopic (exact) mass is 496 g/mol. The summed E-state index contributed by atoms with van der Waals surface area (Å²) in [5.41, 5.74) is 0.0480. The van der Waals surface area contributed by atoms with Crippen LogP contribution in [-0.4, -0.2) is 40.8 Å². The Kier molecular flexibility index (Phi) is 5.78. The van der Waals surface area contributed by atoms with Crippen molar-refractivity contribution in [2.45, 2.75) is 55.9 Å². The SMILES string of the molecule is COc1ccc(F)cc1S(=O)(=O)Nc1cccc(S(=O)(=O)N2C[C@@]3(C)C[C@@H]2CC(C)(C)C3)c1. The average molecular weight is 497 g/mol. The Bertz CT molecular complexity index is 1290. The molecule has 0 aromatic heterocycles. The van der Waals surface area contributed by atoms with Crippen LogP contribution >= 0.6 is 0 Å². The summed E-state index contributed by atoms with van der Waals surface area (Å²) in [5.74, 6) is -0.753. The highest BCUT2D eigenvalue weighted by molar-refractivity contribution is 7.92. The van der Waals surface area contributed by atoms with Crippen molar-refractivity contribution in [3.05, 3.63) is 48.3 Å². The van der Waals surface area contributed by atoms with Crippen molar-refractivity contribution in [2.24, 2.45) is 10.8 Å². The van der Waals surface area contributed by atoms with Gasteiger partial charge in [0.25, 0.3) is 10.0 Å². The van der Waals surface area contributed by atoms with Gasteiger partial charge in [-0.1, -0.05) is 26.8 Å². The van der Waals surface area contributed by atoms with Crippen LogP contribution in [0.15, 0.2) is 52.3 Å². The molecule has 0 amide bonds. The van der Waals surface area contributed by atoms with Gasteiger partial charge in [0.1, 0.15) is 16.5 Å². The minimum absolute atomic E-state index is 0.0165. The standard InChI is InChI=1S/C23H29FN2O5S2/c1-22(2)12-18-13-23(3,14-22)15-26(18)33(29,30)19-7-5-6-17(11-19)25-32(27,28)21-10-16(24)8-9-20(21)31-4/h5-11,18,25H,12-15H2,1-4H3/t18-,23-/m0/s1. The van der Waals surface area contributed by atoms with Crippen LogP contribution in [0.4, 0.5) is 10.1 Å². The normalized spacial score (nSPS) is 25.1. The van der Waals surface area contributed by atoms with Gasteiger partial charge in [0.05, 0.1) is 17.7 Å². The Hall–Kier alpha value is -2.17. The number of fused-ring (bicyclic) bond motifs is 2. The maximum Gasteiger partial charge on any atom is 0.265 e. The van der Waals surface area contributed by atoms with E-state index in [4.69, 9.17) is 4.74 Å². The highest BCUT2D eigenvalue weighted by Gasteiger charge is 2.53. The second-order valence-corrected chi connectivity index (χ2v) is 13.7. The van der Waals surface area contributed by atoms with Gasteiger partial charge in [0.2, 0.25) is 10.0 Å². The van der Waals surface area contributed by atoms with Crippen LogP contribution in [-0.2, 0) is 20.0 Å². The molecule has 4 rings (SSSR count). The van der Waals surface area contributed by atoms with Crippen LogP contribution in [0.2, 0.25) is 0 Å². The van der Waals surface area contributed by atoms with Gasteiger partial charge >= 0.3 is 0 Å². The molecule has 1 N–H and O–H groups in total. The number of hydrogen-bond donors (Lipinski definition) is 1. The molecule has 1 saturated carbocycles. The highest BCUT2D eigenvalue weighted by Crippen LogP contribution is 2.53. The second kappa shape index (κ2) is 7.95. The zero-order chi connectivity index (χ0) is 24.2. The van der Waals surface area contributed by atoms with E-state index in [0.29, 0.717) is 6.54 Å². The van der Waals surface area contributed by atoms with E-state index in [9.17, 15) is 21.2 Å². The van der Waals surface area contributed by atoms with Gasteiger partial charge in [-0.3, -0.25) is 4.72 Å². The summed E-state index contributed by atoms with van der Waals surface area (Å²) >= 11 is 0. The number of anilines is 1. The lowest BCUT2D eigenvalue weighted by atomic mass is 9.65. The number of ether oxygens (including phenoxy) is 1. The molecule has 2 bridgehead atoms. The van der Waals surface area contributed by atoms with Crippen LogP contribution in [0.1, 0.15) is 40.0 Å². The third-order valence-electron chi connectivity index (χ3n) is 6.47. The Morgan fingerprint density at radius 2 is 1.79 bits per heavy atom. The lowest BCUT2D eigenvalue weighted by Crippen LogP contribution is -2.37. The first-order chi connectivity index (χ1) is 15.2. The van der Waals surface area contributed by atoms with Crippen LogP contribution in [0.5, 0.6) is 5.75 Å². The minimum Gasteiger partial charge on any atom is -0.495 e. The van der Waals surface area contributed by atoms with Gasteiger partial charge in [-0.15, -0.1) is 0 Å².